The first-order valence-electron chi connectivity index (χ1n) is 9.22. The van der Waals surface area contributed by atoms with Crippen molar-refractivity contribution in [3.63, 3.8) is 0 Å². The SMILES string of the molecule is C=CC(=O)N(CCC)CCC(=O)OCCCCCCCCCC. The Morgan fingerprint density at radius 1 is 0.913 bits per heavy atom. The van der Waals surface area contributed by atoms with Crippen LogP contribution in [0.4, 0.5) is 0 Å². The Hall–Kier alpha value is -1.32. The largest absolute Gasteiger partial charge is 0.466 e. The lowest BCUT2D eigenvalue weighted by Crippen LogP contribution is -2.32. The van der Waals surface area contributed by atoms with Gasteiger partial charge >= 0.3 is 5.97 Å². The molecule has 1 amide bonds. The topological polar surface area (TPSA) is 46.6 Å². The number of esters is 1. The maximum atomic E-state index is 11.7. The summed E-state index contributed by atoms with van der Waals surface area (Å²) in [5.41, 5.74) is 0. The van der Waals surface area contributed by atoms with Gasteiger partial charge in [0, 0.05) is 13.1 Å². The fourth-order valence-electron chi connectivity index (χ4n) is 2.45. The van der Waals surface area contributed by atoms with Crippen molar-refractivity contribution in [2.45, 2.75) is 78.1 Å². The van der Waals surface area contributed by atoms with Crippen LogP contribution in [0.5, 0.6) is 0 Å². The second kappa shape index (κ2) is 15.6. The molecule has 0 heterocycles. The van der Waals surface area contributed by atoms with Gasteiger partial charge in [-0.3, -0.25) is 9.59 Å². The number of carbonyl (C=O) groups excluding carboxylic acids is 2. The average Bonchev–Trinajstić information content (AvgIpc) is 2.56. The van der Waals surface area contributed by atoms with Crippen molar-refractivity contribution >= 4 is 11.9 Å². The van der Waals surface area contributed by atoms with E-state index in [4.69, 9.17) is 4.74 Å². The Labute approximate surface area is 142 Å². The van der Waals surface area contributed by atoms with Crippen molar-refractivity contribution in [3.8, 4) is 0 Å². The van der Waals surface area contributed by atoms with Crippen LogP contribution in [0, 0.1) is 0 Å². The van der Waals surface area contributed by atoms with E-state index in [1.807, 2.05) is 6.92 Å². The van der Waals surface area contributed by atoms with Crippen LogP contribution in [0.25, 0.3) is 0 Å². The molecule has 0 aromatic rings. The minimum atomic E-state index is -0.217. The number of amides is 1. The summed E-state index contributed by atoms with van der Waals surface area (Å²) in [5, 5.41) is 0. The quantitative estimate of drug-likeness (QED) is 0.253. The summed E-state index contributed by atoms with van der Waals surface area (Å²) < 4.78 is 5.23. The summed E-state index contributed by atoms with van der Waals surface area (Å²) in [6, 6.07) is 0. The molecule has 0 aromatic carbocycles. The second-order valence-corrected chi connectivity index (χ2v) is 5.97. The van der Waals surface area contributed by atoms with E-state index in [-0.39, 0.29) is 18.3 Å². The van der Waals surface area contributed by atoms with Gasteiger partial charge < -0.3 is 9.64 Å². The van der Waals surface area contributed by atoms with Gasteiger partial charge in [0.1, 0.15) is 0 Å². The van der Waals surface area contributed by atoms with Crippen LogP contribution in [-0.4, -0.2) is 36.5 Å². The van der Waals surface area contributed by atoms with Gasteiger partial charge in [0.05, 0.1) is 13.0 Å². The lowest BCUT2D eigenvalue weighted by atomic mass is 10.1. The molecule has 4 nitrogen and oxygen atoms in total. The molecule has 0 bridgehead atoms. The first-order valence-corrected chi connectivity index (χ1v) is 9.22. The highest BCUT2D eigenvalue weighted by Gasteiger charge is 2.11. The molecule has 0 saturated carbocycles. The van der Waals surface area contributed by atoms with Crippen LogP contribution >= 0.6 is 0 Å². The molecule has 0 fully saturated rings. The summed E-state index contributed by atoms with van der Waals surface area (Å²) >= 11 is 0. The summed E-state index contributed by atoms with van der Waals surface area (Å²) in [4.78, 5) is 24.9. The summed E-state index contributed by atoms with van der Waals surface area (Å²) in [6.07, 6.45) is 12.3. The van der Waals surface area contributed by atoms with Gasteiger partial charge in [-0.25, -0.2) is 0 Å². The highest BCUT2D eigenvalue weighted by Crippen LogP contribution is 2.08. The van der Waals surface area contributed by atoms with E-state index in [1.54, 1.807) is 4.90 Å². The molecular weight excluding hydrogens is 290 g/mol. The minimum Gasteiger partial charge on any atom is -0.466 e. The van der Waals surface area contributed by atoms with E-state index in [2.05, 4.69) is 13.5 Å². The molecule has 0 atom stereocenters. The van der Waals surface area contributed by atoms with Crippen LogP contribution in [-0.2, 0) is 14.3 Å². The zero-order chi connectivity index (χ0) is 17.3. The monoisotopic (exact) mass is 325 g/mol. The molecule has 0 aliphatic heterocycles. The molecule has 0 saturated heterocycles. The van der Waals surface area contributed by atoms with Gasteiger partial charge in [0.25, 0.3) is 0 Å². The maximum Gasteiger partial charge on any atom is 0.307 e. The van der Waals surface area contributed by atoms with Gasteiger partial charge in [0.15, 0.2) is 0 Å². The average molecular weight is 325 g/mol. The Bertz CT molecular complexity index is 329. The molecule has 134 valence electrons. The van der Waals surface area contributed by atoms with Gasteiger partial charge in [-0.15, -0.1) is 0 Å². The van der Waals surface area contributed by atoms with Crippen molar-refractivity contribution < 1.29 is 14.3 Å². The smallest absolute Gasteiger partial charge is 0.307 e. The van der Waals surface area contributed by atoms with Gasteiger partial charge in [-0.1, -0.05) is 65.4 Å². The zero-order valence-electron chi connectivity index (χ0n) is 15.1. The molecule has 0 spiro atoms. The number of rotatable bonds is 15. The number of nitrogens with zero attached hydrogens (tertiary/aromatic N) is 1. The van der Waals surface area contributed by atoms with Crippen LogP contribution in [0.15, 0.2) is 12.7 Å². The van der Waals surface area contributed by atoms with Crippen molar-refractivity contribution in [1.29, 1.82) is 0 Å². The lowest BCUT2D eigenvalue weighted by Gasteiger charge is -2.19. The molecule has 0 unspecified atom stereocenters. The number of hydrogen-bond acceptors (Lipinski definition) is 3. The van der Waals surface area contributed by atoms with Crippen LogP contribution in [0.2, 0.25) is 0 Å². The number of hydrogen-bond donors (Lipinski definition) is 0. The third kappa shape index (κ3) is 12.9. The third-order valence-electron chi connectivity index (χ3n) is 3.83. The van der Waals surface area contributed by atoms with Crippen molar-refractivity contribution in [3.05, 3.63) is 12.7 Å². The van der Waals surface area contributed by atoms with Crippen molar-refractivity contribution in [2.24, 2.45) is 0 Å². The zero-order valence-corrected chi connectivity index (χ0v) is 15.1. The molecule has 0 aromatic heterocycles. The minimum absolute atomic E-state index is 0.122. The molecule has 23 heavy (non-hydrogen) atoms. The van der Waals surface area contributed by atoms with Gasteiger partial charge in [0.2, 0.25) is 5.91 Å². The molecular formula is C19H35NO3. The van der Waals surface area contributed by atoms with E-state index in [0.717, 1.165) is 19.3 Å². The first-order chi connectivity index (χ1) is 11.2. The highest BCUT2D eigenvalue weighted by molar-refractivity contribution is 5.87. The fourth-order valence-corrected chi connectivity index (χ4v) is 2.45. The fraction of sp³-hybridized carbons (Fsp3) is 0.789. The lowest BCUT2D eigenvalue weighted by molar-refractivity contribution is -0.144. The Morgan fingerprint density at radius 3 is 2.09 bits per heavy atom. The predicted molar refractivity (Wildman–Crippen MR) is 95.3 cm³/mol. The predicted octanol–water partition coefficient (Wildman–Crippen LogP) is 4.49. The molecule has 0 aliphatic rings. The third-order valence-corrected chi connectivity index (χ3v) is 3.83. The highest BCUT2D eigenvalue weighted by atomic mass is 16.5. The summed E-state index contributed by atoms with van der Waals surface area (Å²) in [5.74, 6) is -0.339. The molecule has 0 aliphatic carbocycles. The van der Waals surface area contributed by atoms with Crippen LogP contribution in [0.3, 0.4) is 0 Å². The summed E-state index contributed by atoms with van der Waals surface area (Å²) in [6.45, 7) is 9.27. The van der Waals surface area contributed by atoms with E-state index >= 15 is 0 Å². The molecule has 0 N–H and O–H groups in total. The van der Waals surface area contributed by atoms with Gasteiger partial charge in [-0.05, 0) is 18.9 Å². The summed E-state index contributed by atoms with van der Waals surface area (Å²) in [7, 11) is 0. The van der Waals surface area contributed by atoms with Crippen molar-refractivity contribution in [2.75, 3.05) is 19.7 Å². The van der Waals surface area contributed by atoms with Crippen LogP contribution in [0.1, 0.15) is 78.1 Å². The Kier molecular flexibility index (Phi) is 14.7. The molecule has 0 radical (unpaired) electrons. The second-order valence-electron chi connectivity index (χ2n) is 5.97. The van der Waals surface area contributed by atoms with E-state index < -0.39 is 0 Å². The Balaban J connectivity index is 3.59. The molecule has 4 heteroatoms. The number of carbonyl (C=O) groups is 2. The van der Waals surface area contributed by atoms with E-state index in [9.17, 15) is 9.59 Å². The van der Waals surface area contributed by atoms with E-state index in [1.165, 1.54) is 44.6 Å². The van der Waals surface area contributed by atoms with Crippen LogP contribution < -0.4 is 0 Å². The van der Waals surface area contributed by atoms with E-state index in [0.29, 0.717) is 19.7 Å². The maximum absolute atomic E-state index is 11.7. The molecule has 0 rings (SSSR count). The Morgan fingerprint density at radius 2 is 1.52 bits per heavy atom. The number of unbranched alkanes of at least 4 members (excludes halogenated alkanes) is 7. The first kappa shape index (κ1) is 21.7. The normalized spacial score (nSPS) is 10.3. The van der Waals surface area contributed by atoms with Crippen molar-refractivity contribution in [1.82, 2.24) is 4.90 Å². The number of ether oxygens (including phenoxy) is 1. The van der Waals surface area contributed by atoms with Gasteiger partial charge in [-0.2, -0.15) is 0 Å². The standard InChI is InChI=1S/C19H35NO3/c1-4-7-8-9-10-11-12-13-17-23-19(22)14-16-20(15-5-2)18(21)6-3/h6H,3-5,7-17H2,1-2H3.